The van der Waals surface area contributed by atoms with Gasteiger partial charge in [0.2, 0.25) is 0 Å². The largest absolute Gasteiger partial charge is 0.494 e. The fourth-order valence-corrected chi connectivity index (χ4v) is 2.57. The highest BCUT2D eigenvalue weighted by atomic mass is 16.5. The predicted octanol–water partition coefficient (Wildman–Crippen LogP) is 2.98. The average Bonchev–Trinajstić information content (AvgIpc) is 2.76. The normalized spacial score (nSPS) is 23.0. The molecule has 3 heteroatoms. The Morgan fingerprint density at radius 3 is 2.67 bits per heavy atom. The van der Waals surface area contributed by atoms with E-state index in [0.29, 0.717) is 18.6 Å². The summed E-state index contributed by atoms with van der Waals surface area (Å²) >= 11 is 0. The lowest BCUT2D eigenvalue weighted by Gasteiger charge is -2.15. The van der Waals surface area contributed by atoms with Gasteiger partial charge in [0.25, 0.3) is 0 Å². The Kier molecular flexibility index (Phi) is 4.88. The average molecular weight is 249 g/mol. The van der Waals surface area contributed by atoms with Crippen LogP contribution in [-0.2, 0) is 0 Å². The van der Waals surface area contributed by atoms with Crippen LogP contribution in [0.15, 0.2) is 24.3 Å². The van der Waals surface area contributed by atoms with Crippen molar-refractivity contribution in [2.24, 2.45) is 11.7 Å². The molecule has 0 saturated heterocycles. The van der Waals surface area contributed by atoms with Crippen molar-refractivity contribution in [1.29, 1.82) is 0 Å². The van der Waals surface area contributed by atoms with Crippen LogP contribution in [0.3, 0.4) is 0 Å². The summed E-state index contributed by atoms with van der Waals surface area (Å²) in [7, 11) is 0. The van der Waals surface area contributed by atoms with Crippen LogP contribution in [0, 0.1) is 5.92 Å². The van der Waals surface area contributed by atoms with Crippen LogP contribution in [0.5, 0.6) is 11.5 Å². The lowest BCUT2D eigenvalue weighted by Crippen LogP contribution is -2.25. The second-order valence-corrected chi connectivity index (χ2v) is 4.90. The van der Waals surface area contributed by atoms with Gasteiger partial charge in [0.15, 0.2) is 0 Å². The van der Waals surface area contributed by atoms with Gasteiger partial charge in [-0.3, -0.25) is 0 Å². The lowest BCUT2D eigenvalue weighted by atomic mass is 10.0. The Hall–Kier alpha value is -1.22. The molecule has 3 nitrogen and oxygen atoms in total. The zero-order chi connectivity index (χ0) is 12.8. The molecular formula is C15H23NO2. The number of hydrogen-bond acceptors (Lipinski definition) is 3. The molecule has 2 unspecified atom stereocenters. The number of rotatable bonds is 6. The van der Waals surface area contributed by atoms with Gasteiger partial charge in [-0.05, 0) is 44.2 Å². The van der Waals surface area contributed by atoms with Gasteiger partial charge in [-0.25, -0.2) is 0 Å². The maximum absolute atomic E-state index is 6.05. The highest BCUT2D eigenvalue weighted by Gasteiger charge is 2.23. The van der Waals surface area contributed by atoms with Gasteiger partial charge in [-0.2, -0.15) is 0 Å². The van der Waals surface area contributed by atoms with Crippen LogP contribution >= 0.6 is 0 Å². The van der Waals surface area contributed by atoms with Crippen LogP contribution in [0.2, 0.25) is 0 Å². The van der Waals surface area contributed by atoms with Crippen molar-refractivity contribution < 1.29 is 9.47 Å². The molecule has 0 aromatic heterocycles. The Balaban J connectivity index is 1.77. The van der Waals surface area contributed by atoms with Crippen molar-refractivity contribution in [3.63, 3.8) is 0 Å². The Labute approximate surface area is 109 Å². The van der Waals surface area contributed by atoms with Gasteiger partial charge >= 0.3 is 0 Å². The molecule has 0 aliphatic heterocycles. The summed E-state index contributed by atoms with van der Waals surface area (Å²) in [5.41, 5.74) is 6.05. The molecule has 18 heavy (non-hydrogen) atoms. The zero-order valence-corrected chi connectivity index (χ0v) is 11.1. The molecule has 0 amide bonds. The minimum absolute atomic E-state index is 0.378. The highest BCUT2D eigenvalue weighted by molar-refractivity contribution is 5.32. The fourth-order valence-electron chi connectivity index (χ4n) is 2.57. The van der Waals surface area contributed by atoms with E-state index in [1.54, 1.807) is 0 Å². The Morgan fingerprint density at radius 2 is 2.00 bits per heavy atom. The van der Waals surface area contributed by atoms with Crippen LogP contribution in [0.25, 0.3) is 0 Å². The molecule has 2 N–H and O–H groups in total. The third kappa shape index (κ3) is 3.64. The monoisotopic (exact) mass is 249 g/mol. The number of benzene rings is 1. The summed E-state index contributed by atoms with van der Waals surface area (Å²) < 4.78 is 11.2. The number of hydrogen-bond donors (Lipinski definition) is 1. The van der Waals surface area contributed by atoms with Gasteiger partial charge < -0.3 is 15.2 Å². The topological polar surface area (TPSA) is 44.5 Å². The maximum Gasteiger partial charge on any atom is 0.122 e. The van der Waals surface area contributed by atoms with Gasteiger partial charge in [0, 0.05) is 12.1 Å². The minimum atomic E-state index is 0.378. The van der Waals surface area contributed by atoms with Gasteiger partial charge in [-0.15, -0.1) is 0 Å². The molecule has 100 valence electrons. The van der Waals surface area contributed by atoms with Gasteiger partial charge in [0.05, 0.1) is 13.2 Å². The fraction of sp³-hybridized carbons (Fsp3) is 0.600. The molecule has 1 aliphatic carbocycles. The molecular weight excluding hydrogens is 226 g/mol. The third-order valence-electron chi connectivity index (χ3n) is 3.59. The van der Waals surface area contributed by atoms with Crippen LogP contribution in [-0.4, -0.2) is 19.3 Å². The summed E-state index contributed by atoms with van der Waals surface area (Å²) in [4.78, 5) is 0. The quantitative estimate of drug-likeness (QED) is 0.843. The molecule has 0 heterocycles. The first-order valence-electron chi connectivity index (χ1n) is 6.91. The summed E-state index contributed by atoms with van der Waals surface area (Å²) in [5, 5.41) is 0. The molecule has 1 saturated carbocycles. The van der Waals surface area contributed by atoms with Gasteiger partial charge in [0.1, 0.15) is 11.5 Å². The van der Waals surface area contributed by atoms with E-state index in [0.717, 1.165) is 24.5 Å². The predicted molar refractivity (Wildman–Crippen MR) is 73.0 cm³/mol. The second-order valence-electron chi connectivity index (χ2n) is 4.90. The zero-order valence-electron chi connectivity index (χ0n) is 11.1. The first-order chi connectivity index (χ1) is 8.79. The molecule has 1 fully saturated rings. The SMILES string of the molecule is CCOc1cccc(OCCC2CCCC2N)c1. The smallest absolute Gasteiger partial charge is 0.122 e. The molecule has 1 aliphatic rings. The molecule has 2 rings (SSSR count). The van der Waals surface area contributed by atoms with E-state index in [-0.39, 0.29) is 0 Å². The molecule has 0 spiro atoms. The van der Waals surface area contributed by atoms with E-state index in [2.05, 4.69) is 0 Å². The van der Waals surface area contributed by atoms with E-state index >= 15 is 0 Å². The lowest BCUT2D eigenvalue weighted by molar-refractivity contribution is 0.268. The number of ether oxygens (including phenoxy) is 2. The van der Waals surface area contributed by atoms with Crippen LogP contribution in [0.4, 0.5) is 0 Å². The highest BCUT2D eigenvalue weighted by Crippen LogP contribution is 2.27. The van der Waals surface area contributed by atoms with Crippen LogP contribution in [0.1, 0.15) is 32.6 Å². The first-order valence-corrected chi connectivity index (χ1v) is 6.91. The van der Waals surface area contributed by atoms with Crippen molar-refractivity contribution in [1.82, 2.24) is 0 Å². The van der Waals surface area contributed by atoms with Crippen LogP contribution < -0.4 is 15.2 Å². The summed E-state index contributed by atoms with van der Waals surface area (Å²) in [6, 6.07) is 8.20. The Bertz CT molecular complexity index is 367. The summed E-state index contributed by atoms with van der Waals surface area (Å²) in [6.45, 7) is 3.41. The Morgan fingerprint density at radius 1 is 1.22 bits per heavy atom. The molecule has 0 radical (unpaired) electrons. The van der Waals surface area contributed by atoms with Crippen molar-refractivity contribution in [2.75, 3.05) is 13.2 Å². The maximum atomic E-state index is 6.05. The molecule has 1 aromatic carbocycles. The summed E-state index contributed by atoms with van der Waals surface area (Å²) in [5.74, 6) is 2.39. The molecule has 2 atom stereocenters. The molecule has 0 bridgehead atoms. The van der Waals surface area contributed by atoms with E-state index in [9.17, 15) is 0 Å². The minimum Gasteiger partial charge on any atom is -0.494 e. The number of nitrogens with two attached hydrogens (primary N) is 1. The van der Waals surface area contributed by atoms with Crippen molar-refractivity contribution in [3.05, 3.63) is 24.3 Å². The standard InChI is InChI=1S/C15H23NO2/c1-2-17-13-6-4-7-14(11-13)18-10-9-12-5-3-8-15(12)16/h4,6-7,11-12,15H,2-3,5,8-10,16H2,1H3. The summed E-state index contributed by atoms with van der Waals surface area (Å²) in [6.07, 6.45) is 4.75. The van der Waals surface area contributed by atoms with E-state index < -0.39 is 0 Å². The first kappa shape index (κ1) is 13.2. The van der Waals surface area contributed by atoms with Gasteiger partial charge in [-0.1, -0.05) is 12.5 Å². The van der Waals surface area contributed by atoms with E-state index in [1.165, 1.54) is 19.3 Å². The van der Waals surface area contributed by atoms with Crippen molar-refractivity contribution in [3.8, 4) is 11.5 Å². The molecule has 1 aromatic rings. The van der Waals surface area contributed by atoms with Crippen molar-refractivity contribution >= 4 is 0 Å². The van der Waals surface area contributed by atoms with E-state index in [4.69, 9.17) is 15.2 Å². The van der Waals surface area contributed by atoms with E-state index in [1.807, 2.05) is 31.2 Å². The second kappa shape index (κ2) is 6.64. The van der Waals surface area contributed by atoms with Crippen molar-refractivity contribution in [2.45, 2.75) is 38.6 Å². The third-order valence-corrected chi connectivity index (χ3v) is 3.59.